The molecule has 1 aliphatic heterocycles. The van der Waals surface area contributed by atoms with Crippen LogP contribution in [0, 0.1) is 5.82 Å². The number of primary amides is 1. The smallest absolute Gasteiger partial charge is 0.254 e. The molecule has 0 unspecified atom stereocenters. The van der Waals surface area contributed by atoms with Crippen molar-refractivity contribution in [2.75, 3.05) is 33.3 Å². The van der Waals surface area contributed by atoms with Crippen molar-refractivity contribution in [2.24, 2.45) is 5.73 Å². The largest absolute Gasteiger partial charge is 0.494 e. The number of ether oxygens (including phenoxy) is 1. The Morgan fingerprint density at radius 3 is 2.48 bits per heavy atom. The van der Waals surface area contributed by atoms with E-state index in [1.54, 1.807) is 30.3 Å². The average molecular weight is 446 g/mol. The summed E-state index contributed by atoms with van der Waals surface area (Å²) >= 11 is 0. The summed E-state index contributed by atoms with van der Waals surface area (Å²) in [6.07, 6.45) is 0. The van der Waals surface area contributed by atoms with Crippen LogP contribution in [0.25, 0.3) is 32.9 Å². The number of carbonyl (C=O) groups excluding carboxylic acids is 2. The molecule has 0 atom stereocenters. The Balaban J connectivity index is 1.64. The Hall–Kier alpha value is -3.91. The number of H-pyrrole nitrogens is 1. The molecule has 5 rings (SSSR count). The normalized spacial score (nSPS) is 14.1. The lowest BCUT2D eigenvalue weighted by Gasteiger charge is -2.27. The van der Waals surface area contributed by atoms with Crippen LogP contribution in [0.2, 0.25) is 0 Å². The molecule has 4 aromatic rings. The van der Waals surface area contributed by atoms with Gasteiger partial charge in [-0.25, -0.2) is 4.39 Å². The summed E-state index contributed by atoms with van der Waals surface area (Å²) in [6.45, 7) is 2.88. The maximum Gasteiger partial charge on any atom is 0.254 e. The number of methoxy groups -OCH3 is 1. The molecule has 33 heavy (non-hydrogen) atoms. The Morgan fingerprint density at radius 2 is 1.79 bits per heavy atom. The number of nitrogens with zero attached hydrogens (tertiary/aromatic N) is 1. The van der Waals surface area contributed by atoms with Crippen molar-refractivity contribution in [3.05, 3.63) is 65.5 Å². The second kappa shape index (κ2) is 8.22. The summed E-state index contributed by atoms with van der Waals surface area (Å²) in [5.74, 6) is -0.976. The third-order valence-electron chi connectivity index (χ3n) is 6.11. The molecule has 4 N–H and O–H groups in total. The summed E-state index contributed by atoms with van der Waals surface area (Å²) in [4.78, 5) is 30.3. The lowest BCUT2D eigenvalue weighted by Crippen LogP contribution is -2.46. The lowest BCUT2D eigenvalue weighted by molar-refractivity contribution is 0.0735. The Kier molecular flexibility index (Phi) is 5.22. The third-order valence-corrected chi connectivity index (χ3v) is 6.11. The van der Waals surface area contributed by atoms with E-state index in [1.807, 2.05) is 17.0 Å². The number of hydrogen-bond acceptors (Lipinski definition) is 4. The number of piperazine rings is 1. The Bertz CT molecular complexity index is 1410. The first-order valence-electron chi connectivity index (χ1n) is 10.7. The highest BCUT2D eigenvalue weighted by atomic mass is 19.1. The monoisotopic (exact) mass is 446 g/mol. The molecular weight excluding hydrogens is 423 g/mol. The minimum Gasteiger partial charge on any atom is -0.494 e. The van der Waals surface area contributed by atoms with Crippen LogP contribution in [-0.2, 0) is 0 Å². The standard InChI is InChI=1S/C25H23FN4O3/c1-33-22-5-3-14(12-20(22)26)16-10-18-17-4-2-15(25(32)30-8-6-28-7-9-30)13-21(17)29-23(18)19(11-16)24(27)31/h2-5,10-13,28-29H,6-9H2,1H3,(H2,27,31). The second-order valence-electron chi connectivity index (χ2n) is 8.09. The Labute approximate surface area is 189 Å². The molecule has 1 saturated heterocycles. The molecule has 2 amide bonds. The van der Waals surface area contributed by atoms with Crippen molar-refractivity contribution < 1.29 is 18.7 Å². The van der Waals surface area contributed by atoms with Crippen LogP contribution in [0.3, 0.4) is 0 Å². The van der Waals surface area contributed by atoms with Gasteiger partial charge in [0, 0.05) is 48.0 Å². The fourth-order valence-electron chi connectivity index (χ4n) is 4.40. The van der Waals surface area contributed by atoms with Crippen LogP contribution in [0.15, 0.2) is 48.5 Å². The number of aromatic nitrogens is 1. The van der Waals surface area contributed by atoms with E-state index in [0.29, 0.717) is 40.9 Å². The van der Waals surface area contributed by atoms with Gasteiger partial charge in [-0.2, -0.15) is 0 Å². The quantitative estimate of drug-likeness (QED) is 0.448. The first-order valence-corrected chi connectivity index (χ1v) is 10.7. The Morgan fingerprint density at radius 1 is 1.00 bits per heavy atom. The molecule has 1 fully saturated rings. The van der Waals surface area contributed by atoms with Crippen molar-refractivity contribution in [1.29, 1.82) is 0 Å². The van der Waals surface area contributed by atoms with Gasteiger partial charge < -0.3 is 25.7 Å². The topological polar surface area (TPSA) is 100 Å². The first-order chi connectivity index (χ1) is 16.0. The number of benzene rings is 3. The molecule has 2 heterocycles. The number of aromatic amines is 1. The summed E-state index contributed by atoms with van der Waals surface area (Å²) < 4.78 is 19.3. The summed E-state index contributed by atoms with van der Waals surface area (Å²) in [6, 6.07) is 13.6. The second-order valence-corrected chi connectivity index (χ2v) is 8.09. The predicted molar refractivity (Wildman–Crippen MR) is 125 cm³/mol. The van der Waals surface area contributed by atoms with Crippen molar-refractivity contribution in [3.63, 3.8) is 0 Å². The lowest BCUT2D eigenvalue weighted by atomic mass is 9.98. The number of carbonyl (C=O) groups is 2. The summed E-state index contributed by atoms with van der Waals surface area (Å²) in [7, 11) is 1.41. The first kappa shape index (κ1) is 21.0. The highest BCUT2D eigenvalue weighted by Crippen LogP contribution is 2.34. The molecule has 0 aliphatic carbocycles. The molecule has 3 aromatic carbocycles. The molecule has 0 saturated carbocycles. The molecule has 0 spiro atoms. The highest BCUT2D eigenvalue weighted by Gasteiger charge is 2.20. The SMILES string of the molecule is COc1ccc(-c2cc(C(N)=O)c3[nH]c4cc(C(=O)N5CCNCC5)ccc4c3c2)cc1F. The number of halogens is 1. The van der Waals surface area contributed by atoms with E-state index in [4.69, 9.17) is 10.5 Å². The van der Waals surface area contributed by atoms with E-state index < -0.39 is 11.7 Å². The third kappa shape index (κ3) is 3.68. The fraction of sp³-hybridized carbons (Fsp3) is 0.200. The van der Waals surface area contributed by atoms with Crippen LogP contribution < -0.4 is 15.8 Å². The zero-order chi connectivity index (χ0) is 23.1. The number of nitrogens with two attached hydrogens (primary N) is 1. The van der Waals surface area contributed by atoms with E-state index in [-0.39, 0.29) is 11.7 Å². The van der Waals surface area contributed by atoms with E-state index in [1.165, 1.54) is 13.2 Å². The summed E-state index contributed by atoms with van der Waals surface area (Å²) in [5, 5.41) is 4.86. The molecule has 1 aromatic heterocycles. The molecule has 0 bridgehead atoms. The van der Waals surface area contributed by atoms with E-state index in [9.17, 15) is 14.0 Å². The van der Waals surface area contributed by atoms with Gasteiger partial charge in [0.15, 0.2) is 11.6 Å². The molecule has 1 aliphatic rings. The number of hydrogen-bond donors (Lipinski definition) is 3. The van der Waals surface area contributed by atoms with Gasteiger partial charge in [0.25, 0.3) is 11.8 Å². The van der Waals surface area contributed by atoms with Gasteiger partial charge in [-0.15, -0.1) is 0 Å². The van der Waals surface area contributed by atoms with Crippen LogP contribution in [0.5, 0.6) is 5.75 Å². The van der Waals surface area contributed by atoms with Gasteiger partial charge in [-0.1, -0.05) is 12.1 Å². The minimum absolute atomic E-state index is 0.0263. The molecule has 8 heteroatoms. The van der Waals surface area contributed by atoms with Crippen LogP contribution in [0.4, 0.5) is 4.39 Å². The minimum atomic E-state index is -0.598. The van der Waals surface area contributed by atoms with Gasteiger partial charge in [0.05, 0.1) is 18.2 Å². The molecule has 0 radical (unpaired) electrons. The van der Waals surface area contributed by atoms with Gasteiger partial charge in [-0.05, 0) is 47.5 Å². The molecular formula is C25H23FN4O3. The van der Waals surface area contributed by atoms with E-state index in [0.717, 1.165) is 29.4 Å². The maximum absolute atomic E-state index is 14.3. The average Bonchev–Trinajstić information content (AvgIpc) is 3.21. The number of rotatable bonds is 4. The van der Waals surface area contributed by atoms with Crippen LogP contribution in [-0.4, -0.2) is 55.0 Å². The van der Waals surface area contributed by atoms with E-state index >= 15 is 0 Å². The molecule has 168 valence electrons. The highest BCUT2D eigenvalue weighted by molar-refractivity contribution is 6.17. The van der Waals surface area contributed by atoms with Crippen molar-refractivity contribution in [1.82, 2.24) is 15.2 Å². The fourth-order valence-corrected chi connectivity index (χ4v) is 4.40. The maximum atomic E-state index is 14.3. The van der Waals surface area contributed by atoms with E-state index in [2.05, 4.69) is 10.3 Å². The van der Waals surface area contributed by atoms with Gasteiger partial charge in [0.2, 0.25) is 0 Å². The summed E-state index contributed by atoms with van der Waals surface area (Å²) in [5.41, 5.74) is 9.12. The van der Waals surface area contributed by atoms with Gasteiger partial charge in [0.1, 0.15) is 0 Å². The van der Waals surface area contributed by atoms with Gasteiger partial charge in [-0.3, -0.25) is 9.59 Å². The number of fused-ring (bicyclic) bond motifs is 3. The predicted octanol–water partition coefficient (Wildman–Crippen LogP) is 3.28. The number of amides is 2. The number of nitrogens with one attached hydrogen (secondary N) is 2. The van der Waals surface area contributed by atoms with Crippen molar-refractivity contribution >= 4 is 33.6 Å². The molecule has 7 nitrogen and oxygen atoms in total. The van der Waals surface area contributed by atoms with Crippen LogP contribution in [0.1, 0.15) is 20.7 Å². The van der Waals surface area contributed by atoms with Crippen molar-refractivity contribution in [2.45, 2.75) is 0 Å². The van der Waals surface area contributed by atoms with Crippen molar-refractivity contribution in [3.8, 4) is 16.9 Å². The zero-order valence-corrected chi connectivity index (χ0v) is 18.1. The van der Waals surface area contributed by atoms with Gasteiger partial charge >= 0.3 is 0 Å². The van der Waals surface area contributed by atoms with Crippen LogP contribution >= 0.6 is 0 Å². The zero-order valence-electron chi connectivity index (χ0n) is 18.1.